The fourth-order valence-electron chi connectivity index (χ4n) is 4.13. The number of benzene rings is 3. The summed E-state index contributed by atoms with van der Waals surface area (Å²) in [6.45, 7) is 8.01. The molecular formula is C29H33FN2O4. The molecule has 0 bridgehead atoms. The molecular weight excluding hydrogens is 459 g/mol. The fraction of sp³-hybridized carbons (Fsp3) is 0.345. The molecule has 0 saturated heterocycles. The van der Waals surface area contributed by atoms with E-state index in [1.54, 1.807) is 38.1 Å². The summed E-state index contributed by atoms with van der Waals surface area (Å²) in [5, 5.41) is 17.5. The van der Waals surface area contributed by atoms with Gasteiger partial charge in [0.2, 0.25) is 0 Å². The molecule has 1 unspecified atom stereocenters. The number of ether oxygens (including phenoxy) is 2. The Morgan fingerprint density at radius 3 is 2.47 bits per heavy atom. The van der Waals surface area contributed by atoms with Crippen LogP contribution in [0.4, 0.5) is 10.1 Å². The molecule has 3 aromatic rings. The van der Waals surface area contributed by atoms with Gasteiger partial charge in [-0.25, -0.2) is 4.39 Å². The number of rotatable bonds is 9. The summed E-state index contributed by atoms with van der Waals surface area (Å²) in [4.78, 5) is 12.5. The van der Waals surface area contributed by atoms with Crippen molar-refractivity contribution in [1.29, 1.82) is 0 Å². The normalized spacial score (nSPS) is 15.4. The quantitative estimate of drug-likeness (QED) is 0.385. The van der Waals surface area contributed by atoms with Crippen LogP contribution in [-0.4, -0.2) is 28.7 Å². The van der Waals surface area contributed by atoms with Gasteiger partial charge in [0.05, 0.1) is 11.8 Å². The van der Waals surface area contributed by atoms with E-state index in [-0.39, 0.29) is 23.8 Å². The van der Waals surface area contributed by atoms with Gasteiger partial charge in [0.1, 0.15) is 18.2 Å². The molecule has 36 heavy (non-hydrogen) atoms. The first kappa shape index (κ1) is 25.7. The first-order valence-electron chi connectivity index (χ1n) is 12.1. The molecule has 3 aromatic carbocycles. The van der Waals surface area contributed by atoms with Gasteiger partial charge in [-0.05, 0) is 63.4 Å². The summed E-state index contributed by atoms with van der Waals surface area (Å²) in [6.07, 6.45) is -0.282. The number of nitrogens with one attached hydrogen (secondary N) is 2. The second-order valence-electron chi connectivity index (χ2n) is 10.3. The Morgan fingerprint density at radius 1 is 1.08 bits per heavy atom. The van der Waals surface area contributed by atoms with Gasteiger partial charge in [-0.2, -0.15) is 0 Å². The second-order valence-corrected chi connectivity index (χ2v) is 10.3. The van der Waals surface area contributed by atoms with E-state index in [1.807, 2.05) is 44.2 Å². The van der Waals surface area contributed by atoms with E-state index in [4.69, 9.17) is 9.47 Å². The number of β-amino-alcohol motifs (C(OH)–C–C–N with tert-alkyl or cyclic N) is 1. The van der Waals surface area contributed by atoms with Crippen molar-refractivity contribution in [3.8, 4) is 11.5 Å². The maximum Gasteiger partial charge on any atom is 0.268 e. The second kappa shape index (κ2) is 10.3. The van der Waals surface area contributed by atoms with E-state index in [0.29, 0.717) is 35.8 Å². The van der Waals surface area contributed by atoms with Gasteiger partial charge in [0.25, 0.3) is 5.91 Å². The summed E-state index contributed by atoms with van der Waals surface area (Å²) in [6, 6.07) is 19.6. The number of carbonyl (C=O) groups is 1. The predicted octanol–water partition coefficient (Wildman–Crippen LogP) is 5.16. The van der Waals surface area contributed by atoms with Crippen LogP contribution in [0.1, 0.15) is 50.5 Å². The third-order valence-electron chi connectivity index (χ3n) is 6.18. The minimum Gasteiger partial charge on any atom is -0.489 e. The molecule has 0 saturated carbocycles. The Labute approximate surface area is 211 Å². The first-order valence-corrected chi connectivity index (χ1v) is 12.1. The predicted molar refractivity (Wildman–Crippen MR) is 138 cm³/mol. The Bertz CT molecular complexity index is 1210. The summed E-state index contributed by atoms with van der Waals surface area (Å²) in [5.41, 5.74) is 1.53. The van der Waals surface area contributed by atoms with Crippen LogP contribution in [0.5, 0.6) is 11.5 Å². The van der Waals surface area contributed by atoms with Crippen LogP contribution in [0.15, 0.2) is 66.7 Å². The molecule has 0 fully saturated rings. The van der Waals surface area contributed by atoms with Crippen molar-refractivity contribution >= 4 is 11.6 Å². The van der Waals surface area contributed by atoms with Gasteiger partial charge in [-0.3, -0.25) is 4.79 Å². The van der Waals surface area contributed by atoms with Gasteiger partial charge < -0.3 is 25.2 Å². The highest BCUT2D eigenvalue weighted by molar-refractivity contribution is 6.00. The maximum absolute atomic E-state index is 13.3. The molecule has 0 aromatic heterocycles. The zero-order valence-electron chi connectivity index (χ0n) is 21.1. The van der Waals surface area contributed by atoms with E-state index in [0.717, 1.165) is 11.1 Å². The van der Waals surface area contributed by atoms with E-state index >= 15 is 0 Å². The molecule has 1 aliphatic heterocycles. The summed E-state index contributed by atoms with van der Waals surface area (Å²) in [5.74, 6) is 0.404. The Kier molecular flexibility index (Phi) is 7.33. The number of fused-ring (bicyclic) bond motifs is 1. The largest absolute Gasteiger partial charge is 0.489 e. The highest BCUT2D eigenvalue weighted by Crippen LogP contribution is 2.42. The number of hydrogen-bond donors (Lipinski definition) is 3. The molecule has 7 heteroatoms. The molecule has 3 N–H and O–H groups in total. The van der Waals surface area contributed by atoms with E-state index in [2.05, 4.69) is 10.6 Å². The molecule has 4 rings (SSSR count). The number of aliphatic hydroxyl groups is 1. The summed E-state index contributed by atoms with van der Waals surface area (Å²) in [7, 11) is 0. The van der Waals surface area contributed by atoms with Gasteiger partial charge in [-0.15, -0.1) is 0 Å². The molecule has 1 amide bonds. The Hall–Kier alpha value is -3.42. The highest BCUT2D eigenvalue weighted by Gasteiger charge is 2.38. The van der Waals surface area contributed by atoms with Gasteiger partial charge in [0, 0.05) is 23.7 Å². The van der Waals surface area contributed by atoms with Crippen molar-refractivity contribution in [3.05, 3.63) is 89.2 Å². The molecule has 0 spiro atoms. The van der Waals surface area contributed by atoms with Crippen LogP contribution in [0.25, 0.3) is 0 Å². The van der Waals surface area contributed by atoms with Crippen LogP contribution in [0.3, 0.4) is 0 Å². The van der Waals surface area contributed by atoms with Crippen molar-refractivity contribution in [1.82, 2.24) is 5.32 Å². The molecule has 190 valence electrons. The molecule has 1 heterocycles. The van der Waals surface area contributed by atoms with Gasteiger partial charge in [0.15, 0.2) is 11.4 Å². The molecule has 6 nitrogen and oxygen atoms in total. The lowest BCUT2D eigenvalue weighted by Gasteiger charge is -2.34. The number of amides is 1. The first-order chi connectivity index (χ1) is 17.0. The fourth-order valence-corrected chi connectivity index (χ4v) is 4.13. The molecule has 0 aliphatic carbocycles. The zero-order valence-corrected chi connectivity index (χ0v) is 21.1. The SMILES string of the molecule is CC(C)(Cc1ccc(F)cc1)NCC(O)c1cc(OCc2ccccc2)cc2c1OC(C)(C)C(=O)N2. The number of carbonyl (C=O) groups excluding carboxylic acids is 1. The van der Waals surface area contributed by atoms with Crippen LogP contribution in [0, 0.1) is 5.82 Å². The van der Waals surface area contributed by atoms with Crippen LogP contribution in [0.2, 0.25) is 0 Å². The van der Waals surface area contributed by atoms with E-state index in [1.165, 1.54) is 12.1 Å². The molecule has 1 aliphatic rings. The molecule has 1 atom stereocenters. The number of halogens is 1. The molecule has 0 radical (unpaired) electrons. The average Bonchev–Trinajstić information content (AvgIpc) is 2.83. The van der Waals surface area contributed by atoms with Crippen molar-refractivity contribution in [2.75, 3.05) is 11.9 Å². The number of hydrogen-bond acceptors (Lipinski definition) is 5. The smallest absolute Gasteiger partial charge is 0.268 e. The standard InChI is InChI=1S/C29H33FN2O4/c1-28(2,16-19-10-12-21(30)13-11-19)31-17-25(33)23-14-22(35-18-20-8-6-5-7-9-20)15-24-26(23)36-29(3,4)27(34)32-24/h5-15,25,31,33H,16-18H2,1-4H3,(H,32,34). The lowest BCUT2D eigenvalue weighted by Crippen LogP contribution is -2.46. The maximum atomic E-state index is 13.3. The number of anilines is 1. The topological polar surface area (TPSA) is 79.8 Å². The van der Waals surface area contributed by atoms with E-state index in [9.17, 15) is 14.3 Å². The van der Waals surface area contributed by atoms with Crippen molar-refractivity contribution in [2.24, 2.45) is 0 Å². The van der Waals surface area contributed by atoms with Crippen LogP contribution >= 0.6 is 0 Å². The van der Waals surface area contributed by atoms with Crippen molar-refractivity contribution in [3.63, 3.8) is 0 Å². The zero-order chi connectivity index (χ0) is 25.9. The summed E-state index contributed by atoms with van der Waals surface area (Å²) < 4.78 is 25.3. The Balaban J connectivity index is 1.54. The van der Waals surface area contributed by atoms with Gasteiger partial charge in [-0.1, -0.05) is 42.5 Å². The van der Waals surface area contributed by atoms with E-state index < -0.39 is 11.7 Å². The lowest BCUT2D eigenvalue weighted by atomic mass is 9.94. The van der Waals surface area contributed by atoms with Gasteiger partial charge >= 0.3 is 0 Å². The minimum absolute atomic E-state index is 0.237. The van der Waals surface area contributed by atoms with Crippen LogP contribution in [-0.2, 0) is 17.8 Å². The third kappa shape index (κ3) is 6.22. The van der Waals surface area contributed by atoms with Crippen LogP contribution < -0.4 is 20.1 Å². The lowest BCUT2D eigenvalue weighted by molar-refractivity contribution is -0.129. The average molecular weight is 493 g/mol. The Morgan fingerprint density at radius 2 is 1.78 bits per heavy atom. The minimum atomic E-state index is -1.08. The highest BCUT2D eigenvalue weighted by atomic mass is 19.1. The third-order valence-corrected chi connectivity index (χ3v) is 6.18. The monoisotopic (exact) mass is 492 g/mol. The summed E-state index contributed by atoms with van der Waals surface area (Å²) >= 11 is 0. The van der Waals surface area contributed by atoms with Crippen molar-refractivity contribution in [2.45, 2.75) is 58.0 Å². The number of aliphatic hydroxyl groups excluding tert-OH is 1. The van der Waals surface area contributed by atoms with Crippen molar-refractivity contribution < 1.29 is 23.8 Å².